The predicted molar refractivity (Wildman–Crippen MR) is 92.3 cm³/mol. The average Bonchev–Trinajstić information content (AvgIpc) is 3.24. The number of nitrogens with zero attached hydrogens (tertiary/aromatic N) is 2. The average molecular weight is 325 g/mol. The largest absolute Gasteiger partial charge is 0.472 e. The number of aromatic nitrogens is 1. The van der Waals surface area contributed by atoms with Gasteiger partial charge in [0.2, 0.25) is 0 Å². The Morgan fingerprint density at radius 1 is 1.25 bits per heavy atom. The van der Waals surface area contributed by atoms with Crippen molar-refractivity contribution in [2.75, 3.05) is 23.8 Å². The van der Waals surface area contributed by atoms with Crippen LogP contribution in [-0.2, 0) is 0 Å². The third-order valence-electron chi connectivity index (χ3n) is 3.92. The van der Waals surface area contributed by atoms with Gasteiger partial charge in [0.15, 0.2) is 0 Å². The highest BCUT2D eigenvalue weighted by atomic mass is 16.5. The Hall–Kier alpha value is -3.02. The summed E-state index contributed by atoms with van der Waals surface area (Å²) in [5, 5.41) is 6.85. The van der Waals surface area contributed by atoms with Gasteiger partial charge in [0, 0.05) is 30.5 Å². The molecule has 1 N–H and O–H groups in total. The first-order chi connectivity index (χ1) is 11.6. The Balaban J connectivity index is 1.82. The maximum atomic E-state index is 12.6. The third kappa shape index (κ3) is 3.03. The lowest BCUT2D eigenvalue weighted by Gasteiger charge is -2.17. The molecule has 24 heavy (non-hydrogen) atoms. The van der Waals surface area contributed by atoms with Crippen LogP contribution in [0.25, 0.3) is 11.3 Å². The molecule has 0 unspecified atom stereocenters. The number of hydrogen-bond donors (Lipinski definition) is 1. The van der Waals surface area contributed by atoms with Gasteiger partial charge in [-0.3, -0.25) is 4.79 Å². The van der Waals surface area contributed by atoms with Crippen LogP contribution in [0.1, 0.15) is 23.0 Å². The van der Waals surface area contributed by atoms with E-state index in [4.69, 9.17) is 8.94 Å². The van der Waals surface area contributed by atoms with Crippen molar-refractivity contribution in [3.63, 3.8) is 0 Å². The molecule has 0 aliphatic rings. The van der Waals surface area contributed by atoms with E-state index in [1.54, 1.807) is 13.0 Å². The molecule has 1 aromatic carbocycles. The highest BCUT2D eigenvalue weighted by Gasteiger charge is 2.22. The van der Waals surface area contributed by atoms with Gasteiger partial charge in [0.05, 0.1) is 12.5 Å². The molecule has 3 aromatic rings. The maximum Gasteiger partial charge on any atom is 0.261 e. The van der Waals surface area contributed by atoms with E-state index in [-0.39, 0.29) is 5.91 Å². The standard InChI is InChI=1S/C18H19N3O3/c1-4-21(3)15-7-5-14(6-8-15)19-18(22)16-12(2)24-20-17(16)13-9-10-23-11-13/h5-11H,4H2,1-3H3,(H,19,22). The first-order valence-corrected chi connectivity index (χ1v) is 7.71. The molecule has 6 nitrogen and oxygen atoms in total. The number of hydrogen-bond acceptors (Lipinski definition) is 5. The summed E-state index contributed by atoms with van der Waals surface area (Å²) < 4.78 is 10.2. The van der Waals surface area contributed by atoms with Crippen molar-refractivity contribution >= 4 is 17.3 Å². The van der Waals surface area contributed by atoms with Gasteiger partial charge in [-0.1, -0.05) is 5.16 Å². The number of aryl methyl sites for hydroxylation is 1. The fraction of sp³-hybridized carbons (Fsp3) is 0.222. The molecule has 0 saturated carbocycles. The normalized spacial score (nSPS) is 10.6. The highest BCUT2D eigenvalue weighted by molar-refractivity contribution is 6.08. The lowest BCUT2D eigenvalue weighted by atomic mass is 10.1. The number of benzene rings is 1. The molecule has 0 spiro atoms. The van der Waals surface area contributed by atoms with E-state index in [2.05, 4.69) is 22.3 Å². The summed E-state index contributed by atoms with van der Waals surface area (Å²) in [7, 11) is 2.02. The zero-order valence-corrected chi connectivity index (χ0v) is 13.9. The van der Waals surface area contributed by atoms with Gasteiger partial charge < -0.3 is 19.2 Å². The second-order valence-corrected chi connectivity index (χ2v) is 5.49. The van der Waals surface area contributed by atoms with Gasteiger partial charge in [-0.15, -0.1) is 0 Å². The minimum absolute atomic E-state index is 0.262. The Morgan fingerprint density at radius 2 is 2.00 bits per heavy atom. The Labute approximate surface area is 140 Å². The van der Waals surface area contributed by atoms with Crippen molar-refractivity contribution in [1.29, 1.82) is 0 Å². The Kier molecular flexibility index (Phi) is 4.37. The van der Waals surface area contributed by atoms with E-state index in [9.17, 15) is 4.79 Å². The van der Waals surface area contributed by atoms with Crippen LogP contribution in [0.15, 0.2) is 51.8 Å². The highest BCUT2D eigenvalue weighted by Crippen LogP contribution is 2.26. The molecule has 0 saturated heterocycles. The number of rotatable bonds is 5. The molecule has 0 bridgehead atoms. The molecule has 124 valence electrons. The van der Waals surface area contributed by atoms with Crippen LogP contribution in [0.2, 0.25) is 0 Å². The van der Waals surface area contributed by atoms with Crippen LogP contribution in [0.3, 0.4) is 0 Å². The van der Waals surface area contributed by atoms with Crippen molar-refractivity contribution in [3.8, 4) is 11.3 Å². The van der Waals surface area contributed by atoms with Crippen molar-refractivity contribution in [2.45, 2.75) is 13.8 Å². The van der Waals surface area contributed by atoms with Gasteiger partial charge in [-0.25, -0.2) is 0 Å². The van der Waals surface area contributed by atoms with Crippen molar-refractivity contribution in [1.82, 2.24) is 5.16 Å². The van der Waals surface area contributed by atoms with Crippen LogP contribution in [0.5, 0.6) is 0 Å². The van der Waals surface area contributed by atoms with Crippen LogP contribution >= 0.6 is 0 Å². The molecule has 0 atom stereocenters. The third-order valence-corrected chi connectivity index (χ3v) is 3.92. The van der Waals surface area contributed by atoms with Gasteiger partial charge in [-0.05, 0) is 44.2 Å². The summed E-state index contributed by atoms with van der Waals surface area (Å²) in [5.41, 5.74) is 3.40. The first-order valence-electron chi connectivity index (χ1n) is 7.71. The molecule has 0 aliphatic heterocycles. The summed E-state index contributed by atoms with van der Waals surface area (Å²) in [6, 6.07) is 9.43. The van der Waals surface area contributed by atoms with E-state index >= 15 is 0 Å². The van der Waals surface area contributed by atoms with E-state index in [1.807, 2.05) is 31.3 Å². The molecule has 2 heterocycles. The Bertz CT molecular complexity index is 820. The van der Waals surface area contributed by atoms with Crippen LogP contribution < -0.4 is 10.2 Å². The number of anilines is 2. The molecular weight excluding hydrogens is 306 g/mol. The van der Waals surface area contributed by atoms with Crippen LogP contribution in [0, 0.1) is 6.92 Å². The molecule has 0 fully saturated rings. The van der Waals surface area contributed by atoms with E-state index < -0.39 is 0 Å². The molecule has 1 amide bonds. The summed E-state index contributed by atoms with van der Waals surface area (Å²) in [6.45, 7) is 4.71. The molecule has 2 aromatic heterocycles. The van der Waals surface area contributed by atoms with Crippen molar-refractivity contribution < 1.29 is 13.7 Å². The molecule has 0 aliphatic carbocycles. The topological polar surface area (TPSA) is 71.5 Å². The smallest absolute Gasteiger partial charge is 0.261 e. The molecule has 6 heteroatoms. The van der Waals surface area contributed by atoms with E-state index in [0.29, 0.717) is 28.3 Å². The van der Waals surface area contributed by atoms with E-state index in [1.165, 1.54) is 12.5 Å². The summed E-state index contributed by atoms with van der Waals surface area (Å²) in [4.78, 5) is 14.8. The van der Waals surface area contributed by atoms with Crippen molar-refractivity contribution in [3.05, 3.63) is 54.2 Å². The van der Waals surface area contributed by atoms with Crippen LogP contribution in [-0.4, -0.2) is 24.7 Å². The fourth-order valence-electron chi connectivity index (χ4n) is 2.41. The zero-order valence-electron chi connectivity index (χ0n) is 13.9. The number of carbonyl (C=O) groups is 1. The predicted octanol–water partition coefficient (Wildman–Crippen LogP) is 3.95. The molecular formula is C18H19N3O3. The van der Waals surface area contributed by atoms with Crippen LogP contribution in [0.4, 0.5) is 11.4 Å². The monoisotopic (exact) mass is 325 g/mol. The minimum atomic E-state index is -0.262. The van der Waals surface area contributed by atoms with Gasteiger partial charge in [0.25, 0.3) is 5.91 Å². The summed E-state index contributed by atoms with van der Waals surface area (Å²) in [5.74, 6) is 0.201. The number of amides is 1. The molecule has 3 rings (SSSR count). The van der Waals surface area contributed by atoms with E-state index in [0.717, 1.165) is 12.2 Å². The van der Waals surface area contributed by atoms with Gasteiger partial charge >= 0.3 is 0 Å². The number of nitrogens with one attached hydrogen (secondary N) is 1. The van der Waals surface area contributed by atoms with Gasteiger partial charge in [-0.2, -0.15) is 0 Å². The number of carbonyl (C=O) groups excluding carboxylic acids is 1. The first kappa shape index (κ1) is 15.9. The summed E-state index contributed by atoms with van der Waals surface area (Å²) in [6.07, 6.45) is 3.06. The Morgan fingerprint density at radius 3 is 2.62 bits per heavy atom. The minimum Gasteiger partial charge on any atom is -0.472 e. The molecule has 0 radical (unpaired) electrons. The quantitative estimate of drug-likeness (QED) is 0.769. The lowest BCUT2D eigenvalue weighted by Crippen LogP contribution is -2.16. The second kappa shape index (κ2) is 6.62. The SMILES string of the molecule is CCN(C)c1ccc(NC(=O)c2c(-c3ccoc3)noc2C)cc1. The fourth-order valence-corrected chi connectivity index (χ4v) is 2.41. The zero-order chi connectivity index (χ0) is 17.1. The number of furan rings is 1. The van der Waals surface area contributed by atoms with Crippen molar-refractivity contribution in [2.24, 2.45) is 0 Å². The second-order valence-electron chi connectivity index (χ2n) is 5.49. The maximum absolute atomic E-state index is 12.6. The summed E-state index contributed by atoms with van der Waals surface area (Å²) >= 11 is 0. The van der Waals surface area contributed by atoms with Gasteiger partial charge in [0.1, 0.15) is 17.0 Å². The lowest BCUT2D eigenvalue weighted by molar-refractivity contribution is 0.102.